The van der Waals surface area contributed by atoms with Crippen LogP contribution < -0.4 is 15.4 Å². The molecule has 0 bridgehead atoms. The number of methoxy groups -OCH3 is 1. The van der Waals surface area contributed by atoms with Crippen molar-refractivity contribution in [3.05, 3.63) is 60.0 Å². The van der Waals surface area contributed by atoms with Gasteiger partial charge in [0.25, 0.3) is 0 Å². The normalized spacial score (nSPS) is 15.3. The summed E-state index contributed by atoms with van der Waals surface area (Å²) in [6.45, 7) is 0. The number of anilines is 2. The molecule has 2 amide bonds. The van der Waals surface area contributed by atoms with Crippen molar-refractivity contribution >= 4 is 23.3 Å². The maximum absolute atomic E-state index is 13.4. The lowest BCUT2D eigenvalue weighted by Crippen LogP contribution is -2.35. The van der Waals surface area contributed by atoms with Crippen molar-refractivity contribution in [1.82, 2.24) is 9.78 Å². The van der Waals surface area contributed by atoms with E-state index < -0.39 is 35.3 Å². The van der Waals surface area contributed by atoms with E-state index in [1.807, 2.05) is 0 Å². The van der Waals surface area contributed by atoms with Gasteiger partial charge in [-0.05, 0) is 17.7 Å². The summed E-state index contributed by atoms with van der Waals surface area (Å²) in [6, 6.07) is 7.29. The molecular formula is C20H15F3N4O3. The van der Waals surface area contributed by atoms with E-state index in [0.29, 0.717) is 29.3 Å². The van der Waals surface area contributed by atoms with Crippen molar-refractivity contribution in [2.75, 3.05) is 17.7 Å². The molecule has 7 nitrogen and oxygen atoms in total. The van der Waals surface area contributed by atoms with Crippen LogP contribution in [0.3, 0.4) is 0 Å². The van der Waals surface area contributed by atoms with Gasteiger partial charge in [-0.3, -0.25) is 9.59 Å². The number of hydrogen-bond donors (Lipinski definition) is 2. The highest BCUT2D eigenvalue weighted by Gasteiger charge is 2.33. The Bertz CT molecular complexity index is 1120. The maximum atomic E-state index is 13.4. The number of nitrogens with zero attached hydrogens (tertiary/aromatic N) is 2. The molecule has 0 aliphatic carbocycles. The van der Waals surface area contributed by atoms with Gasteiger partial charge in [0, 0.05) is 23.4 Å². The number of rotatable bonds is 4. The summed E-state index contributed by atoms with van der Waals surface area (Å²) in [6.07, 6.45) is 1.27. The van der Waals surface area contributed by atoms with Crippen LogP contribution in [0.2, 0.25) is 0 Å². The van der Waals surface area contributed by atoms with Crippen molar-refractivity contribution in [3.63, 3.8) is 0 Å². The molecule has 1 aromatic heterocycles. The highest BCUT2D eigenvalue weighted by Crippen LogP contribution is 2.35. The predicted octanol–water partition coefficient (Wildman–Crippen LogP) is 3.50. The Labute approximate surface area is 168 Å². The molecule has 2 heterocycles. The lowest BCUT2D eigenvalue weighted by molar-refractivity contribution is -0.125. The minimum absolute atomic E-state index is 0.227. The van der Waals surface area contributed by atoms with E-state index in [4.69, 9.17) is 4.74 Å². The Morgan fingerprint density at radius 1 is 1.20 bits per heavy atom. The molecular weight excluding hydrogens is 401 g/mol. The smallest absolute Gasteiger partial charge is 0.249 e. The molecule has 1 aliphatic heterocycles. The molecule has 0 spiro atoms. The van der Waals surface area contributed by atoms with Crippen LogP contribution >= 0.6 is 0 Å². The molecule has 0 saturated carbocycles. The zero-order valence-electron chi connectivity index (χ0n) is 15.6. The van der Waals surface area contributed by atoms with E-state index >= 15 is 0 Å². The number of carbonyl (C=O) groups is 2. The fourth-order valence-electron chi connectivity index (χ4n) is 3.21. The monoisotopic (exact) mass is 416 g/mol. The fraction of sp³-hybridized carbons (Fsp3) is 0.150. The van der Waals surface area contributed by atoms with Gasteiger partial charge in [0.05, 0.1) is 19.7 Å². The van der Waals surface area contributed by atoms with Crippen molar-refractivity contribution < 1.29 is 27.5 Å². The Hall–Kier alpha value is -3.82. The first kappa shape index (κ1) is 19.5. The molecule has 154 valence electrons. The molecule has 0 fully saturated rings. The van der Waals surface area contributed by atoms with E-state index in [9.17, 15) is 22.8 Å². The van der Waals surface area contributed by atoms with Crippen LogP contribution in [0.4, 0.5) is 24.7 Å². The van der Waals surface area contributed by atoms with Gasteiger partial charge in [0.1, 0.15) is 17.6 Å². The van der Waals surface area contributed by atoms with Crippen LogP contribution in [0.5, 0.6) is 5.75 Å². The number of ether oxygens (including phenoxy) is 1. The highest BCUT2D eigenvalue weighted by atomic mass is 19.2. The van der Waals surface area contributed by atoms with E-state index in [2.05, 4.69) is 15.7 Å². The largest absolute Gasteiger partial charge is 0.497 e. The Morgan fingerprint density at radius 3 is 2.50 bits per heavy atom. The van der Waals surface area contributed by atoms with Crippen LogP contribution in [0.15, 0.2) is 42.6 Å². The average molecular weight is 416 g/mol. The average Bonchev–Trinajstić information content (AvgIpc) is 3.15. The van der Waals surface area contributed by atoms with Crippen LogP contribution in [0.25, 0.3) is 11.1 Å². The van der Waals surface area contributed by atoms with E-state index in [1.54, 1.807) is 31.4 Å². The van der Waals surface area contributed by atoms with E-state index in [1.165, 1.54) is 10.9 Å². The molecule has 3 aromatic rings. The van der Waals surface area contributed by atoms with Gasteiger partial charge in [-0.15, -0.1) is 0 Å². The van der Waals surface area contributed by atoms with E-state index in [0.717, 1.165) is 5.56 Å². The van der Waals surface area contributed by atoms with Crippen molar-refractivity contribution in [3.8, 4) is 16.9 Å². The first-order chi connectivity index (χ1) is 14.4. The third-order valence-corrected chi connectivity index (χ3v) is 4.68. The lowest BCUT2D eigenvalue weighted by Gasteiger charge is -2.24. The summed E-state index contributed by atoms with van der Waals surface area (Å²) in [5, 5.41) is 9.20. The van der Waals surface area contributed by atoms with Gasteiger partial charge >= 0.3 is 0 Å². The summed E-state index contributed by atoms with van der Waals surface area (Å²) in [5.74, 6) is -4.69. The van der Waals surface area contributed by atoms with Crippen molar-refractivity contribution in [2.45, 2.75) is 12.5 Å². The highest BCUT2D eigenvalue weighted by molar-refractivity contribution is 6.03. The van der Waals surface area contributed by atoms with Gasteiger partial charge in [0.15, 0.2) is 17.5 Å². The molecule has 2 aromatic carbocycles. The van der Waals surface area contributed by atoms with Crippen LogP contribution in [0, 0.1) is 17.5 Å². The topological polar surface area (TPSA) is 85.2 Å². The molecule has 0 radical (unpaired) electrons. The number of carbonyl (C=O) groups excluding carboxylic acids is 2. The zero-order valence-corrected chi connectivity index (χ0v) is 15.6. The number of fused-ring (bicyclic) bond motifs is 1. The number of halogens is 3. The number of nitrogens with one attached hydrogen (secondary N) is 2. The molecule has 4 rings (SSSR count). The summed E-state index contributed by atoms with van der Waals surface area (Å²) in [7, 11) is 1.54. The Morgan fingerprint density at radius 2 is 1.87 bits per heavy atom. The van der Waals surface area contributed by atoms with Gasteiger partial charge in [-0.25, -0.2) is 17.9 Å². The molecule has 2 N–H and O–H groups in total. The minimum atomic E-state index is -1.64. The second kappa shape index (κ2) is 7.54. The van der Waals surface area contributed by atoms with Crippen LogP contribution in [-0.2, 0) is 9.59 Å². The number of amides is 2. The molecule has 1 unspecified atom stereocenters. The summed E-state index contributed by atoms with van der Waals surface area (Å²) < 4.78 is 46.4. The summed E-state index contributed by atoms with van der Waals surface area (Å²) >= 11 is 0. The molecule has 0 saturated heterocycles. The Kier molecular flexibility index (Phi) is 4.90. The standard InChI is InChI=1S/C20H15F3N4O3/c1-30-12-4-2-10(3-5-12)13-9-24-27-16(8-17(28)26-19(13)27)20(29)25-11-6-14(21)18(23)15(22)7-11/h2-7,9,16H,8H2,1H3,(H,25,29)(H,26,28). The first-order valence-electron chi connectivity index (χ1n) is 8.84. The van der Waals surface area contributed by atoms with Crippen LogP contribution in [-0.4, -0.2) is 28.7 Å². The Balaban J connectivity index is 1.64. The summed E-state index contributed by atoms with van der Waals surface area (Å²) in [5.41, 5.74) is 1.05. The second-order valence-electron chi connectivity index (χ2n) is 6.59. The fourth-order valence-corrected chi connectivity index (χ4v) is 3.21. The summed E-state index contributed by atoms with van der Waals surface area (Å²) in [4.78, 5) is 24.9. The maximum Gasteiger partial charge on any atom is 0.249 e. The number of aromatic nitrogens is 2. The molecule has 1 aliphatic rings. The van der Waals surface area contributed by atoms with E-state index in [-0.39, 0.29) is 12.1 Å². The third kappa shape index (κ3) is 3.47. The molecule has 10 heteroatoms. The quantitative estimate of drug-likeness (QED) is 0.638. The van der Waals surface area contributed by atoms with Gasteiger partial charge in [0.2, 0.25) is 11.8 Å². The predicted molar refractivity (Wildman–Crippen MR) is 101 cm³/mol. The van der Waals surface area contributed by atoms with Crippen LogP contribution in [0.1, 0.15) is 12.5 Å². The zero-order chi connectivity index (χ0) is 21.4. The minimum Gasteiger partial charge on any atom is -0.497 e. The van der Waals surface area contributed by atoms with Gasteiger partial charge in [-0.1, -0.05) is 12.1 Å². The number of benzene rings is 2. The van der Waals surface area contributed by atoms with Crippen molar-refractivity contribution in [1.29, 1.82) is 0 Å². The molecule has 30 heavy (non-hydrogen) atoms. The SMILES string of the molecule is COc1ccc(-c2cnn3c2NC(=O)CC3C(=O)Nc2cc(F)c(F)c(F)c2)cc1. The third-order valence-electron chi connectivity index (χ3n) is 4.68. The van der Waals surface area contributed by atoms with Gasteiger partial charge in [-0.2, -0.15) is 5.10 Å². The molecule has 1 atom stereocenters. The van der Waals surface area contributed by atoms with Crippen molar-refractivity contribution in [2.24, 2.45) is 0 Å². The van der Waals surface area contributed by atoms with Gasteiger partial charge < -0.3 is 15.4 Å². The number of hydrogen-bond acceptors (Lipinski definition) is 4. The second-order valence-corrected chi connectivity index (χ2v) is 6.59. The lowest BCUT2D eigenvalue weighted by atomic mass is 10.1. The first-order valence-corrected chi connectivity index (χ1v) is 8.84.